The lowest BCUT2D eigenvalue weighted by Gasteiger charge is -2.33. The highest BCUT2D eigenvalue weighted by Crippen LogP contribution is 2.31. The van der Waals surface area contributed by atoms with Crippen molar-refractivity contribution in [1.29, 1.82) is 0 Å². The first kappa shape index (κ1) is 21.4. The highest BCUT2D eigenvalue weighted by Gasteiger charge is 2.30. The normalized spacial score (nSPS) is 20.0. The molecule has 0 saturated carbocycles. The number of rotatable bonds is 5. The molecule has 2 aliphatic rings. The quantitative estimate of drug-likeness (QED) is 0.757. The minimum Gasteiger partial charge on any atom is -0.489 e. The van der Waals surface area contributed by atoms with Gasteiger partial charge in [0.15, 0.2) is 0 Å². The van der Waals surface area contributed by atoms with Crippen LogP contribution in [0.5, 0.6) is 5.75 Å². The van der Waals surface area contributed by atoms with Gasteiger partial charge < -0.3 is 20.3 Å². The Hall–Kier alpha value is -2.81. The number of hydrogen-bond acceptors (Lipinski definition) is 5. The fourth-order valence-electron chi connectivity index (χ4n) is 3.91. The van der Waals surface area contributed by atoms with Gasteiger partial charge in [-0.15, -0.1) is 0 Å². The van der Waals surface area contributed by atoms with E-state index in [1.807, 2.05) is 0 Å². The molecule has 1 aromatic carbocycles. The van der Waals surface area contributed by atoms with Crippen molar-refractivity contribution in [1.82, 2.24) is 15.6 Å². The number of carbonyl (C=O) groups is 1. The minimum absolute atomic E-state index is 0.00302. The summed E-state index contributed by atoms with van der Waals surface area (Å²) in [7, 11) is 0. The lowest BCUT2D eigenvalue weighted by Crippen LogP contribution is -2.38. The van der Waals surface area contributed by atoms with Crippen LogP contribution in [0.25, 0.3) is 0 Å². The van der Waals surface area contributed by atoms with E-state index < -0.39 is 11.7 Å². The topological polar surface area (TPSA) is 66.5 Å². The molecule has 0 aliphatic carbocycles. The van der Waals surface area contributed by atoms with Crippen LogP contribution in [0.4, 0.5) is 18.9 Å². The maximum Gasteiger partial charge on any atom is 0.416 e. The molecule has 0 bridgehead atoms. The second-order valence-corrected chi connectivity index (χ2v) is 7.89. The first-order valence-electron chi connectivity index (χ1n) is 10.4. The molecule has 2 aliphatic heterocycles. The van der Waals surface area contributed by atoms with E-state index in [0.717, 1.165) is 50.2 Å². The fraction of sp³-hybridized carbons (Fsp3) is 0.455. The molecule has 0 unspecified atom stereocenters. The van der Waals surface area contributed by atoms with E-state index in [-0.39, 0.29) is 18.1 Å². The van der Waals surface area contributed by atoms with Gasteiger partial charge in [0.2, 0.25) is 0 Å². The van der Waals surface area contributed by atoms with Gasteiger partial charge in [-0.3, -0.25) is 4.79 Å². The van der Waals surface area contributed by atoms with Crippen LogP contribution in [0.1, 0.15) is 35.3 Å². The average molecular weight is 434 g/mol. The Morgan fingerprint density at radius 2 is 1.84 bits per heavy atom. The smallest absolute Gasteiger partial charge is 0.416 e. The monoisotopic (exact) mass is 434 g/mol. The van der Waals surface area contributed by atoms with Crippen LogP contribution in [-0.4, -0.2) is 49.2 Å². The molecule has 3 heterocycles. The van der Waals surface area contributed by atoms with E-state index in [1.165, 1.54) is 12.1 Å². The van der Waals surface area contributed by atoms with Crippen LogP contribution in [0.2, 0.25) is 0 Å². The zero-order valence-corrected chi connectivity index (χ0v) is 17.0. The SMILES string of the molecule is O=C(N[C@@H]1CCNC1)c1ccc(OC2CCN(c3ccc(C(F)(F)F)cc3)CC2)cn1. The Morgan fingerprint density at radius 1 is 1.10 bits per heavy atom. The van der Waals surface area contributed by atoms with Crippen molar-refractivity contribution in [3.8, 4) is 5.75 Å². The van der Waals surface area contributed by atoms with Gasteiger partial charge in [-0.25, -0.2) is 4.98 Å². The minimum atomic E-state index is -4.32. The number of halogens is 3. The van der Waals surface area contributed by atoms with Gasteiger partial charge in [0.05, 0.1) is 11.8 Å². The van der Waals surface area contributed by atoms with Crippen molar-refractivity contribution in [3.05, 3.63) is 53.9 Å². The van der Waals surface area contributed by atoms with Crippen LogP contribution in [-0.2, 0) is 6.18 Å². The lowest BCUT2D eigenvalue weighted by atomic mass is 10.1. The van der Waals surface area contributed by atoms with Crippen molar-refractivity contribution < 1.29 is 22.7 Å². The number of benzene rings is 1. The molecule has 1 amide bonds. The number of nitrogens with one attached hydrogen (secondary N) is 2. The second-order valence-electron chi connectivity index (χ2n) is 7.89. The van der Waals surface area contributed by atoms with Crippen LogP contribution >= 0.6 is 0 Å². The molecule has 166 valence electrons. The zero-order chi connectivity index (χ0) is 21.8. The summed E-state index contributed by atoms with van der Waals surface area (Å²) in [6, 6.07) is 8.80. The maximum absolute atomic E-state index is 12.7. The number of carbonyl (C=O) groups excluding carboxylic acids is 1. The summed E-state index contributed by atoms with van der Waals surface area (Å²) < 4.78 is 44.2. The molecule has 9 heteroatoms. The summed E-state index contributed by atoms with van der Waals surface area (Å²) in [5.74, 6) is 0.414. The summed E-state index contributed by atoms with van der Waals surface area (Å²) in [4.78, 5) is 18.5. The summed E-state index contributed by atoms with van der Waals surface area (Å²) >= 11 is 0. The van der Waals surface area contributed by atoms with Crippen LogP contribution in [0.15, 0.2) is 42.6 Å². The molecule has 2 fully saturated rings. The van der Waals surface area contributed by atoms with Gasteiger partial charge in [-0.1, -0.05) is 0 Å². The van der Waals surface area contributed by atoms with E-state index in [0.29, 0.717) is 24.5 Å². The molecule has 2 N–H and O–H groups in total. The average Bonchev–Trinajstić information content (AvgIpc) is 3.27. The van der Waals surface area contributed by atoms with Crippen molar-refractivity contribution in [2.75, 3.05) is 31.1 Å². The third-order valence-electron chi connectivity index (χ3n) is 5.67. The van der Waals surface area contributed by atoms with Crippen LogP contribution < -0.4 is 20.3 Å². The molecule has 31 heavy (non-hydrogen) atoms. The number of nitrogens with zero attached hydrogens (tertiary/aromatic N) is 2. The number of anilines is 1. The molecular formula is C22H25F3N4O2. The summed E-state index contributed by atoms with van der Waals surface area (Å²) in [5, 5.41) is 6.16. The molecule has 2 saturated heterocycles. The Labute approximate surface area is 178 Å². The molecular weight excluding hydrogens is 409 g/mol. The predicted octanol–water partition coefficient (Wildman–Crippen LogP) is 3.24. The van der Waals surface area contributed by atoms with E-state index in [1.54, 1.807) is 18.3 Å². The van der Waals surface area contributed by atoms with E-state index in [9.17, 15) is 18.0 Å². The Kier molecular flexibility index (Phi) is 6.31. The number of piperidine rings is 1. The first-order valence-corrected chi connectivity index (χ1v) is 10.4. The van der Waals surface area contributed by atoms with Crippen molar-refractivity contribution in [3.63, 3.8) is 0 Å². The molecule has 4 rings (SSSR count). The molecule has 6 nitrogen and oxygen atoms in total. The van der Waals surface area contributed by atoms with Crippen LogP contribution in [0, 0.1) is 0 Å². The predicted molar refractivity (Wildman–Crippen MR) is 110 cm³/mol. The van der Waals surface area contributed by atoms with Crippen molar-refractivity contribution in [2.24, 2.45) is 0 Å². The summed E-state index contributed by atoms with van der Waals surface area (Å²) in [5.41, 5.74) is 0.497. The third kappa shape index (κ3) is 5.46. The largest absolute Gasteiger partial charge is 0.489 e. The molecule has 0 radical (unpaired) electrons. The lowest BCUT2D eigenvalue weighted by molar-refractivity contribution is -0.137. The van der Waals surface area contributed by atoms with E-state index >= 15 is 0 Å². The maximum atomic E-state index is 12.7. The highest BCUT2D eigenvalue weighted by molar-refractivity contribution is 5.92. The van der Waals surface area contributed by atoms with Gasteiger partial charge in [-0.05, 0) is 49.4 Å². The number of aromatic nitrogens is 1. The van der Waals surface area contributed by atoms with Crippen LogP contribution in [0.3, 0.4) is 0 Å². The summed E-state index contributed by atoms with van der Waals surface area (Å²) in [6.45, 7) is 3.07. The highest BCUT2D eigenvalue weighted by atomic mass is 19.4. The number of pyridine rings is 1. The number of hydrogen-bond donors (Lipinski definition) is 2. The summed E-state index contributed by atoms with van der Waals surface area (Å²) in [6.07, 6.45) is -0.355. The standard InChI is InChI=1S/C22H25F3N4O2/c23-22(24,25)15-1-3-17(4-2-15)29-11-8-18(9-12-29)31-19-5-6-20(27-14-19)21(30)28-16-7-10-26-13-16/h1-6,14,16,18,26H,7-13H2,(H,28,30)/t16-/m1/s1. The van der Waals surface area contributed by atoms with Crippen molar-refractivity contribution in [2.45, 2.75) is 37.6 Å². The van der Waals surface area contributed by atoms with Gasteiger partial charge >= 0.3 is 6.18 Å². The van der Waals surface area contributed by atoms with Gasteiger partial charge in [0.1, 0.15) is 17.5 Å². The zero-order valence-electron chi connectivity index (χ0n) is 17.0. The van der Waals surface area contributed by atoms with Gasteiger partial charge in [-0.2, -0.15) is 13.2 Å². The fourth-order valence-corrected chi connectivity index (χ4v) is 3.91. The van der Waals surface area contributed by atoms with Gasteiger partial charge in [0, 0.05) is 44.2 Å². The molecule has 2 aromatic rings. The first-order chi connectivity index (χ1) is 14.9. The van der Waals surface area contributed by atoms with E-state index in [2.05, 4.69) is 20.5 Å². The molecule has 0 spiro atoms. The Morgan fingerprint density at radius 3 is 2.42 bits per heavy atom. The number of amides is 1. The second kappa shape index (κ2) is 9.13. The van der Waals surface area contributed by atoms with E-state index in [4.69, 9.17) is 4.74 Å². The number of ether oxygens (including phenoxy) is 1. The third-order valence-corrected chi connectivity index (χ3v) is 5.67. The number of alkyl halides is 3. The Bertz CT molecular complexity index is 873. The Balaban J connectivity index is 1.26. The molecule has 1 atom stereocenters. The molecule has 1 aromatic heterocycles. The van der Waals surface area contributed by atoms with Gasteiger partial charge in [0.25, 0.3) is 5.91 Å². The van der Waals surface area contributed by atoms with Crippen molar-refractivity contribution >= 4 is 11.6 Å².